The summed E-state index contributed by atoms with van der Waals surface area (Å²) in [6.07, 6.45) is 8.30. The van der Waals surface area contributed by atoms with Crippen molar-refractivity contribution in [1.29, 1.82) is 0 Å². The van der Waals surface area contributed by atoms with E-state index in [0.29, 0.717) is 11.4 Å². The number of anilines is 2. The van der Waals surface area contributed by atoms with Gasteiger partial charge in [0.25, 0.3) is 0 Å². The molecule has 132 valence electrons. The summed E-state index contributed by atoms with van der Waals surface area (Å²) in [4.78, 5) is 23.6. The van der Waals surface area contributed by atoms with Crippen LogP contribution in [0.25, 0.3) is 0 Å². The maximum Gasteiger partial charge on any atom is 0.319 e. The van der Waals surface area contributed by atoms with Crippen LogP contribution in [0.3, 0.4) is 0 Å². The third kappa shape index (κ3) is 6.58. The van der Waals surface area contributed by atoms with Crippen molar-refractivity contribution >= 4 is 23.3 Å². The molecular formula is C18H27N3O3. The first-order valence-electron chi connectivity index (χ1n) is 8.64. The SMILES string of the molecule is COCC(=O)Nc1ccc(NC(=O)NC2CCCCCCC2)cc1. The van der Waals surface area contributed by atoms with Gasteiger partial charge in [0.15, 0.2) is 0 Å². The first-order chi connectivity index (χ1) is 11.7. The lowest BCUT2D eigenvalue weighted by Crippen LogP contribution is -2.38. The van der Waals surface area contributed by atoms with Crippen molar-refractivity contribution in [2.24, 2.45) is 0 Å². The minimum atomic E-state index is -0.208. The van der Waals surface area contributed by atoms with E-state index in [0.717, 1.165) is 12.8 Å². The maximum atomic E-state index is 12.1. The lowest BCUT2D eigenvalue weighted by atomic mass is 9.97. The molecular weight excluding hydrogens is 306 g/mol. The number of benzene rings is 1. The molecule has 0 saturated heterocycles. The van der Waals surface area contributed by atoms with Crippen LogP contribution in [0.2, 0.25) is 0 Å². The molecule has 0 aliphatic heterocycles. The fraction of sp³-hybridized carbons (Fsp3) is 0.556. The second kappa shape index (κ2) is 9.93. The van der Waals surface area contributed by atoms with E-state index < -0.39 is 0 Å². The highest BCUT2D eigenvalue weighted by molar-refractivity contribution is 5.93. The molecule has 1 aliphatic rings. The van der Waals surface area contributed by atoms with Crippen molar-refractivity contribution < 1.29 is 14.3 Å². The van der Waals surface area contributed by atoms with Gasteiger partial charge in [0.1, 0.15) is 6.61 Å². The van der Waals surface area contributed by atoms with Crippen molar-refractivity contribution in [3.63, 3.8) is 0 Å². The van der Waals surface area contributed by atoms with Crippen molar-refractivity contribution in [3.8, 4) is 0 Å². The predicted molar refractivity (Wildman–Crippen MR) is 95.2 cm³/mol. The quantitative estimate of drug-likeness (QED) is 0.771. The zero-order valence-corrected chi connectivity index (χ0v) is 14.3. The van der Waals surface area contributed by atoms with Gasteiger partial charge in [-0.05, 0) is 37.1 Å². The second-order valence-corrected chi connectivity index (χ2v) is 6.20. The van der Waals surface area contributed by atoms with Crippen molar-refractivity contribution in [2.45, 2.75) is 51.0 Å². The molecule has 0 radical (unpaired) electrons. The van der Waals surface area contributed by atoms with Crippen LogP contribution in [0.5, 0.6) is 0 Å². The molecule has 0 atom stereocenters. The standard InChI is InChI=1S/C18H27N3O3/c1-24-13-17(22)19-15-9-11-16(12-10-15)21-18(23)20-14-7-5-3-2-4-6-8-14/h9-12,14H,2-8,13H2,1H3,(H,19,22)(H2,20,21,23). The topological polar surface area (TPSA) is 79.5 Å². The molecule has 0 spiro atoms. The van der Waals surface area contributed by atoms with Crippen molar-refractivity contribution in [2.75, 3.05) is 24.4 Å². The van der Waals surface area contributed by atoms with Gasteiger partial charge in [-0.15, -0.1) is 0 Å². The fourth-order valence-electron chi connectivity index (χ4n) is 2.92. The molecule has 0 heterocycles. The van der Waals surface area contributed by atoms with Crippen LogP contribution in [-0.2, 0) is 9.53 Å². The maximum absolute atomic E-state index is 12.1. The summed E-state index contributed by atoms with van der Waals surface area (Å²) < 4.78 is 4.76. The lowest BCUT2D eigenvalue weighted by molar-refractivity contribution is -0.119. The van der Waals surface area contributed by atoms with E-state index >= 15 is 0 Å². The first-order valence-corrected chi connectivity index (χ1v) is 8.64. The smallest absolute Gasteiger partial charge is 0.319 e. The van der Waals surface area contributed by atoms with Gasteiger partial charge in [0.2, 0.25) is 5.91 Å². The third-order valence-electron chi connectivity index (χ3n) is 4.14. The Hall–Kier alpha value is -2.08. The van der Waals surface area contributed by atoms with Gasteiger partial charge in [0.05, 0.1) is 0 Å². The number of hydrogen-bond acceptors (Lipinski definition) is 3. The normalized spacial score (nSPS) is 15.9. The van der Waals surface area contributed by atoms with Gasteiger partial charge in [-0.1, -0.05) is 32.1 Å². The van der Waals surface area contributed by atoms with E-state index in [1.54, 1.807) is 24.3 Å². The number of hydrogen-bond donors (Lipinski definition) is 3. The molecule has 0 unspecified atom stereocenters. The summed E-state index contributed by atoms with van der Waals surface area (Å²) in [5.41, 5.74) is 1.37. The number of nitrogens with one attached hydrogen (secondary N) is 3. The number of carbonyl (C=O) groups excluding carboxylic acids is 2. The highest BCUT2D eigenvalue weighted by Crippen LogP contribution is 2.18. The Balaban J connectivity index is 1.79. The van der Waals surface area contributed by atoms with Crippen molar-refractivity contribution in [1.82, 2.24) is 5.32 Å². The Bertz CT molecular complexity index is 523. The van der Waals surface area contributed by atoms with E-state index in [1.807, 2.05) is 0 Å². The van der Waals surface area contributed by atoms with Gasteiger partial charge in [0, 0.05) is 24.5 Å². The number of rotatable bonds is 5. The molecule has 1 aromatic carbocycles. The molecule has 1 aliphatic carbocycles. The van der Waals surface area contributed by atoms with Gasteiger partial charge in [-0.3, -0.25) is 4.79 Å². The second-order valence-electron chi connectivity index (χ2n) is 6.20. The summed E-state index contributed by atoms with van der Waals surface area (Å²) in [5.74, 6) is -0.208. The van der Waals surface area contributed by atoms with Crippen LogP contribution in [0.4, 0.5) is 16.2 Å². The Morgan fingerprint density at radius 2 is 1.50 bits per heavy atom. The predicted octanol–water partition coefficient (Wildman–Crippen LogP) is 3.51. The van der Waals surface area contributed by atoms with E-state index in [2.05, 4.69) is 16.0 Å². The zero-order valence-electron chi connectivity index (χ0n) is 14.3. The van der Waals surface area contributed by atoms with Gasteiger partial charge in [-0.25, -0.2) is 4.79 Å². The summed E-state index contributed by atoms with van der Waals surface area (Å²) in [6, 6.07) is 7.12. The van der Waals surface area contributed by atoms with E-state index in [-0.39, 0.29) is 24.6 Å². The lowest BCUT2D eigenvalue weighted by Gasteiger charge is -2.21. The summed E-state index contributed by atoms with van der Waals surface area (Å²) in [6.45, 7) is 0.0177. The molecule has 1 fully saturated rings. The van der Waals surface area contributed by atoms with E-state index in [4.69, 9.17) is 4.74 Å². The monoisotopic (exact) mass is 333 g/mol. The molecule has 0 bridgehead atoms. The van der Waals surface area contributed by atoms with Crippen LogP contribution in [0.15, 0.2) is 24.3 Å². The molecule has 3 amide bonds. The van der Waals surface area contributed by atoms with Gasteiger partial charge in [-0.2, -0.15) is 0 Å². The molecule has 1 saturated carbocycles. The van der Waals surface area contributed by atoms with Crippen LogP contribution < -0.4 is 16.0 Å². The number of urea groups is 1. The Kier molecular flexibility index (Phi) is 7.55. The number of methoxy groups -OCH3 is 1. The molecule has 3 N–H and O–H groups in total. The number of amides is 3. The van der Waals surface area contributed by atoms with E-state index in [9.17, 15) is 9.59 Å². The van der Waals surface area contributed by atoms with Gasteiger partial charge >= 0.3 is 6.03 Å². The minimum Gasteiger partial charge on any atom is -0.375 e. The molecule has 0 aromatic heterocycles. The van der Waals surface area contributed by atoms with Crippen LogP contribution in [-0.4, -0.2) is 31.7 Å². The number of carbonyl (C=O) groups is 2. The molecule has 24 heavy (non-hydrogen) atoms. The fourth-order valence-corrected chi connectivity index (χ4v) is 2.92. The average molecular weight is 333 g/mol. The van der Waals surface area contributed by atoms with E-state index in [1.165, 1.54) is 39.2 Å². The van der Waals surface area contributed by atoms with Crippen LogP contribution in [0, 0.1) is 0 Å². The third-order valence-corrected chi connectivity index (χ3v) is 4.14. The van der Waals surface area contributed by atoms with Crippen LogP contribution >= 0.6 is 0 Å². The van der Waals surface area contributed by atoms with Crippen molar-refractivity contribution in [3.05, 3.63) is 24.3 Å². The van der Waals surface area contributed by atoms with Gasteiger partial charge < -0.3 is 20.7 Å². The Morgan fingerprint density at radius 3 is 2.08 bits per heavy atom. The molecule has 2 rings (SSSR count). The van der Waals surface area contributed by atoms with Crippen LogP contribution in [0.1, 0.15) is 44.9 Å². The molecule has 1 aromatic rings. The number of ether oxygens (including phenoxy) is 1. The average Bonchev–Trinajstić information content (AvgIpc) is 2.52. The highest BCUT2D eigenvalue weighted by Gasteiger charge is 2.14. The summed E-state index contributed by atoms with van der Waals surface area (Å²) >= 11 is 0. The molecule has 6 nitrogen and oxygen atoms in total. The Morgan fingerprint density at radius 1 is 0.958 bits per heavy atom. The summed E-state index contributed by atoms with van der Waals surface area (Å²) in [7, 11) is 1.47. The Labute approximate surface area is 143 Å². The minimum absolute atomic E-state index is 0.0177. The highest BCUT2D eigenvalue weighted by atomic mass is 16.5. The largest absolute Gasteiger partial charge is 0.375 e. The first kappa shape index (κ1) is 18.3. The summed E-state index contributed by atoms with van der Waals surface area (Å²) in [5, 5.41) is 8.62. The zero-order chi connectivity index (χ0) is 17.2. The molecule has 6 heteroatoms.